The number of carbonyl (C=O) groups excluding carboxylic acids is 1. The molecule has 3 aromatic rings. The molecule has 158 valence electrons. The van der Waals surface area contributed by atoms with Crippen LogP contribution in [0.15, 0.2) is 56.4 Å². The Morgan fingerprint density at radius 1 is 1.06 bits per heavy atom. The van der Waals surface area contributed by atoms with Crippen molar-refractivity contribution in [2.45, 2.75) is 17.7 Å². The second-order valence-electron chi connectivity index (χ2n) is 6.09. The predicted octanol–water partition coefficient (Wildman–Crippen LogP) is 2.40. The van der Waals surface area contributed by atoms with Crippen molar-refractivity contribution < 1.29 is 22.0 Å². The lowest BCUT2D eigenvalue weighted by Gasteiger charge is -2.20. The van der Waals surface area contributed by atoms with Gasteiger partial charge in [-0.15, -0.1) is 5.10 Å². The molecule has 2 aromatic heterocycles. The van der Waals surface area contributed by atoms with E-state index in [4.69, 9.17) is 19.4 Å². The van der Waals surface area contributed by atoms with Gasteiger partial charge < -0.3 is 8.83 Å². The van der Waals surface area contributed by atoms with Crippen LogP contribution in [-0.4, -0.2) is 41.9 Å². The van der Waals surface area contributed by atoms with Gasteiger partial charge in [-0.2, -0.15) is 14.8 Å². The van der Waals surface area contributed by atoms with Crippen LogP contribution in [0.3, 0.4) is 0 Å². The number of aromatic nitrogens is 2. The lowest BCUT2D eigenvalue weighted by Crippen LogP contribution is -2.32. The summed E-state index contributed by atoms with van der Waals surface area (Å²) in [7, 11) is -3.92. The number of amides is 1. The molecule has 0 radical (unpaired) electrons. The monoisotopic (exact) mass is 440 g/mol. The molecule has 0 aliphatic rings. The summed E-state index contributed by atoms with van der Waals surface area (Å²) in [4.78, 5) is 12.3. The third kappa shape index (κ3) is 5.14. The normalized spacial score (nSPS) is 11.1. The Hall–Kier alpha value is -4.00. The number of anilines is 1. The summed E-state index contributed by atoms with van der Waals surface area (Å²) in [5.74, 6) is -0.138. The molecule has 0 saturated carbocycles. The highest BCUT2D eigenvalue weighted by atomic mass is 32.2. The number of rotatable bonds is 9. The van der Waals surface area contributed by atoms with Gasteiger partial charge in [0.2, 0.25) is 10.0 Å². The molecule has 1 amide bonds. The van der Waals surface area contributed by atoms with Crippen LogP contribution < -0.4 is 5.32 Å². The maximum atomic E-state index is 12.8. The van der Waals surface area contributed by atoms with Gasteiger partial charge in [0.15, 0.2) is 5.76 Å². The Kier molecular flexibility index (Phi) is 6.77. The molecule has 0 spiro atoms. The Bertz CT molecular complexity index is 1200. The van der Waals surface area contributed by atoms with Gasteiger partial charge in [-0.25, -0.2) is 8.42 Å². The van der Waals surface area contributed by atoms with Crippen LogP contribution in [0.4, 0.5) is 6.01 Å². The molecule has 0 aliphatic heterocycles. The van der Waals surface area contributed by atoms with Crippen molar-refractivity contribution in [2.24, 2.45) is 0 Å². The molecule has 0 bridgehead atoms. The molecule has 1 aromatic carbocycles. The molecule has 2 heterocycles. The first-order valence-corrected chi connectivity index (χ1v) is 10.4. The minimum Gasteiger partial charge on any atom is -0.459 e. The number of nitrogens with one attached hydrogen (secondary N) is 1. The van der Waals surface area contributed by atoms with Crippen LogP contribution in [0.2, 0.25) is 0 Å². The van der Waals surface area contributed by atoms with Crippen molar-refractivity contribution in [2.75, 3.05) is 18.4 Å². The third-order valence-electron chi connectivity index (χ3n) is 4.08. The maximum Gasteiger partial charge on any atom is 0.322 e. The van der Waals surface area contributed by atoms with Crippen molar-refractivity contribution in [1.82, 2.24) is 14.5 Å². The van der Waals surface area contributed by atoms with Crippen LogP contribution in [0.5, 0.6) is 0 Å². The molecule has 11 nitrogen and oxygen atoms in total. The summed E-state index contributed by atoms with van der Waals surface area (Å²) in [5, 5.41) is 27.4. The highest BCUT2D eigenvalue weighted by molar-refractivity contribution is 7.89. The largest absolute Gasteiger partial charge is 0.459 e. The second-order valence-corrected chi connectivity index (χ2v) is 8.03. The fourth-order valence-corrected chi connectivity index (χ4v) is 4.01. The molecule has 31 heavy (non-hydrogen) atoms. The molecular weight excluding hydrogens is 424 g/mol. The summed E-state index contributed by atoms with van der Waals surface area (Å²) >= 11 is 0. The Morgan fingerprint density at radius 2 is 1.74 bits per heavy atom. The average molecular weight is 440 g/mol. The maximum absolute atomic E-state index is 12.8. The van der Waals surface area contributed by atoms with E-state index in [1.165, 1.54) is 30.5 Å². The Morgan fingerprint density at radius 3 is 2.32 bits per heavy atom. The van der Waals surface area contributed by atoms with Crippen LogP contribution >= 0.6 is 0 Å². The summed E-state index contributed by atoms with van der Waals surface area (Å²) < 4.78 is 37.1. The van der Waals surface area contributed by atoms with Crippen LogP contribution in [0.1, 0.15) is 23.2 Å². The highest BCUT2D eigenvalue weighted by Gasteiger charge is 2.24. The smallest absolute Gasteiger partial charge is 0.322 e. The van der Waals surface area contributed by atoms with Gasteiger partial charge in [0.1, 0.15) is 0 Å². The quantitative estimate of drug-likeness (QED) is 0.525. The van der Waals surface area contributed by atoms with Gasteiger partial charge in [0, 0.05) is 31.5 Å². The van der Waals surface area contributed by atoms with Crippen molar-refractivity contribution in [3.63, 3.8) is 0 Å². The van der Waals surface area contributed by atoms with Crippen molar-refractivity contribution >= 4 is 21.9 Å². The molecule has 3 rings (SSSR count). The standard InChI is InChI=1S/C19H16N6O5S/c20-9-2-11-25(12-3-10-21)31(27,28)15-7-5-14(6-8-15)17(26)22-19-24-23-18(30-19)16-4-1-13-29-16/h1,4-8,13H,2-3,11-12H2,(H,22,24,26). The molecule has 12 heteroatoms. The molecular formula is C19H16N6O5S. The summed E-state index contributed by atoms with van der Waals surface area (Å²) in [6.45, 7) is -0.0597. The van der Waals surface area contributed by atoms with E-state index in [0.29, 0.717) is 5.76 Å². The fourth-order valence-electron chi connectivity index (χ4n) is 2.57. The first-order chi connectivity index (χ1) is 15.0. The molecule has 0 fully saturated rings. The van der Waals surface area contributed by atoms with E-state index < -0.39 is 15.9 Å². The van der Waals surface area contributed by atoms with Gasteiger partial charge in [-0.05, 0) is 36.4 Å². The average Bonchev–Trinajstić information content (AvgIpc) is 3.46. The highest BCUT2D eigenvalue weighted by Crippen LogP contribution is 2.21. The lowest BCUT2D eigenvalue weighted by atomic mass is 10.2. The van der Waals surface area contributed by atoms with Gasteiger partial charge >= 0.3 is 6.01 Å². The van der Waals surface area contributed by atoms with Crippen molar-refractivity contribution in [1.29, 1.82) is 10.5 Å². The van der Waals surface area contributed by atoms with Gasteiger partial charge in [-0.1, -0.05) is 5.10 Å². The van der Waals surface area contributed by atoms with Gasteiger partial charge in [-0.3, -0.25) is 10.1 Å². The van der Waals surface area contributed by atoms with E-state index in [1.54, 1.807) is 12.1 Å². The molecule has 0 aliphatic carbocycles. The Labute approximate surface area is 177 Å². The zero-order valence-electron chi connectivity index (χ0n) is 16.1. The fraction of sp³-hybridized carbons (Fsp3) is 0.211. The van der Waals surface area contributed by atoms with E-state index in [1.807, 2.05) is 12.1 Å². The third-order valence-corrected chi connectivity index (χ3v) is 5.99. The minimum absolute atomic E-state index is 0.00464. The van der Waals surface area contributed by atoms with Crippen LogP contribution in [-0.2, 0) is 10.0 Å². The van der Waals surface area contributed by atoms with Crippen molar-refractivity contribution in [3.8, 4) is 23.8 Å². The van der Waals surface area contributed by atoms with Gasteiger partial charge in [0.05, 0.1) is 23.3 Å². The van der Waals surface area contributed by atoms with Crippen LogP contribution in [0, 0.1) is 22.7 Å². The lowest BCUT2D eigenvalue weighted by molar-refractivity contribution is 0.102. The number of hydrogen-bond donors (Lipinski definition) is 1. The summed E-state index contributed by atoms with van der Waals surface area (Å²) in [6, 6.07) is 12.1. The zero-order valence-corrected chi connectivity index (χ0v) is 16.9. The zero-order chi connectivity index (χ0) is 22.3. The summed E-state index contributed by atoms with van der Waals surface area (Å²) in [5.41, 5.74) is 0.164. The number of hydrogen-bond acceptors (Lipinski definition) is 9. The van der Waals surface area contributed by atoms with E-state index >= 15 is 0 Å². The first-order valence-electron chi connectivity index (χ1n) is 8.98. The van der Waals surface area contributed by atoms with E-state index in [9.17, 15) is 13.2 Å². The number of carbonyl (C=O) groups is 1. The van der Waals surface area contributed by atoms with Crippen LogP contribution in [0.25, 0.3) is 11.7 Å². The number of nitriles is 2. The summed E-state index contributed by atoms with van der Waals surface area (Å²) in [6.07, 6.45) is 1.43. The van der Waals surface area contributed by atoms with E-state index in [2.05, 4.69) is 15.5 Å². The number of benzene rings is 1. The number of furan rings is 1. The van der Waals surface area contributed by atoms with Crippen molar-refractivity contribution in [3.05, 3.63) is 48.2 Å². The van der Waals surface area contributed by atoms with Gasteiger partial charge in [0.25, 0.3) is 11.8 Å². The molecule has 0 atom stereocenters. The molecule has 1 N–H and O–H groups in total. The number of sulfonamides is 1. The SMILES string of the molecule is N#CCCN(CCC#N)S(=O)(=O)c1ccc(C(=O)Nc2nnc(-c3ccco3)o2)cc1. The predicted molar refractivity (Wildman–Crippen MR) is 106 cm³/mol. The first kappa shape index (κ1) is 21.7. The minimum atomic E-state index is -3.92. The molecule has 0 saturated heterocycles. The van der Waals surface area contributed by atoms with E-state index in [0.717, 1.165) is 4.31 Å². The number of nitrogens with zero attached hydrogens (tertiary/aromatic N) is 5. The Balaban J connectivity index is 1.72. The van der Waals surface area contributed by atoms with E-state index in [-0.39, 0.29) is 48.3 Å². The second kappa shape index (κ2) is 9.67. The topological polar surface area (TPSA) is 166 Å². The molecule has 0 unspecified atom stereocenters.